The maximum atomic E-state index is 13.2. The number of carbonyl (C=O) groups excluding carboxylic acids is 1. The molecule has 1 aliphatic rings. The van der Waals surface area contributed by atoms with Crippen molar-refractivity contribution in [2.75, 3.05) is 6.54 Å². The quantitative estimate of drug-likeness (QED) is 0.839. The van der Waals surface area contributed by atoms with E-state index in [4.69, 9.17) is 5.73 Å². The molecule has 0 radical (unpaired) electrons. The highest BCUT2D eigenvalue weighted by Crippen LogP contribution is 2.29. The van der Waals surface area contributed by atoms with Crippen molar-refractivity contribution in [3.63, 3.8) is 0 Å². The molecule has 1 aromatic heterocycles. The SMILES string of the molecule is CC(C)NC(=O)[C@@H]1C[C@H](N)CN1S(=O)(=O)c1cccc2cccnc12. The van der Waals surface area contributed by atoms with Gasteiger partial charge in [-0.2, -0.15) is 4.31 Å². The van der Waals surface area contributed by atoms with E-state index in [9.17, 15) is 13.2 Å². The largest absolute Gasteiger partial charge is 0.353 e. The molecule has 2 heterocycles. The minimum atomic E-state index is -3.90. The monoisotopic (exact) mass is 362 g/mol. The molecule has 25 heavy (non-hydrogen) atoms. The molecule has 3 rings (SSSR count). The number of benzene rings is 1. The van der Waals surface area contributed by atoms with Crippen molar-refractivity contribution in [3.8, 4) is 0 Å². The molecule has 0 unspecified atom stereocenters. The Labute approximate surface area is 147 Å². The maximum Gasteiger partial charge on any atom is 0.246 e. The van der Waals surface area contributed by atoms with Crippen molar-refractivity contribution >= 4 is 26.8 Å². The van der Waals surface area contributed by atoms with E-state index in [0.717, 1.165) is 5.39 Å². The third kappa shape index (κ3) is 3.37. The predicted octanol–water partition coefficient (Wildman–Crippen LogP) is 0.850. The Bertz CT molecular complexity index is 892. The standard InChI is InChI=1S/C17H22N4O3S/c1-11(2)20-17(22)14-9-13(18)10-21(14)25(23,24)15-7-3-5-12-6-4-8-19-16(12)15/h3-8,11,13-14H,9-10,18H2,1-2H3,(H,20,22)/t13-,14-/m0/s1. The summed E-state index contributed by atoms with van der Waals surface area (Å²) < 4.78 is 27.7. The van der Waals surface area contributed by atoms with Gasteiger partial charge in [0, 0.05) is 30.2 Å². The molecular formula is C17H22N4O3S. The molecule has 1 aliphatic heterocycles. The molecular weight excluding hydrogens is 340 g/mol. The van der Waals surface area contributed by atoms with Crippen LogP contribution in [0.4, 0.5) is 0 Å². The topological polar surface area (TPSA) is 105 Å². The Morgan fingerprint density at radius 2 is 2.04 bits per heavy atom. The second kappa shape index (κ2) is 6.70. The second-order valence-electron chi connectivity index (χ2n) is 6.58. The number of hydrogen-bond donors (Lipinski definition) is 2. The first kappa shape index (κ1) is 17.8. The number of hydrogen-bond acceptors (Lipinski definition) is 5. The zero-order chi connectivity index (χ0) is 18.2. The number of nitrogens with two attached hydrogens (primary N) is 1. The average molecular weight is 362 g/mol. The molecule has 0 saturated carbocycles. The summed E-state index contributed by atoms with van der Waals surface area (Å²) >= 11 is 0. The Balaban J connectivity index is 2.04. The Kier molecular flexibility index (Phi) is 4.77. The summed E-state index contributed by atoms with van der Waals surface area (Å²) in [5, 5.41) is 3.51. The van der Waals surface area contributed by atoms with E-state index >= 15 is 0 Å². The fourth-order valence-electron chi connectivity index (χ4n) is 3.13. The molecule has 1 fully saturated rings. The third-order valence-corrected chi connectivity index (χ3v) is 6.11. The molecule has 134 valence electrons. The van der Waals surface area contributed by atoms with Crippen LogP contribution in [0.25, 0.3) is 10.9 Å². The number of fused-ring (bicyclic) bond motifs is 1. The smallest absolute Gasteiger partial charge is 0.246 e. The van der Waals surface area contributed by atoms with Gasteiger partial charge in [-0.15, -0.1) is 0 Å². The van der Waals surface area contributed by atoms with Gasteiger partial charge in [0.2, 0.25) is 15.9 Å². The number of aromatic nitrogens is 1. The number of para-hydroxylation sites is 1. The van der Waals surface area contributed by atoms with Gasteiger partial charge in [0.15, 0.2) is 0 Å². The number of rotatable bonds is 4. The van der Waals surface area contributed by atoms with E-state index in [0.29, 0.717) is 11.9 Å². The van der Waals surface area contributed by atoms with E-state index in [1.807, 2.05) is 13.8 Å². The summed E-state index contributed by atoms with van der Waals surface area (Å²) in [5.41, 5.74) is 6.37. The van der Waals surface area contributed by atoms with Crippen LogP contribution >= 0.6 is 0 Å². The average Bonchev–Trinajstić information content (AvgIpc) is 2.96. The normalized spacial score (nSPS) is 21.8. The first-order valence-corrected chi connectivity index (χ1v) is 9.66. The zero-order valence-corrected chi connectivity index (χ0v) is 15.0. The lowest BCUT2D eigenvalue weighted by atomic mass is 10.1. The Hall–Kier alpha value is -2.03. The van der Waals surface area contributed by atoms with Crippen molar-refractivity contribution in [2.45, 2.75) is 43.3 Å². The van der Waals surface area contributed by atoms with Crippen molar-refractivity contribution in [1.82, 2.24) is 14.6 Å². The van der Waals surface area contributed by atoms with Gasteiger partial charge in [-0.25, -0.2) is 8.42 Å². The van der Waals surface area contributed by atoms with Crippen LogP contribution < -0.4 is 11.1 Å². The first-order valence-electron chi connectivity index (χ1n) is 8.22. The molecule has 1 saturated heterocycles. The Morgan fingerprint density at radius 3 is 2.76 bits per heavy atom. The minimum absolute atomic E-state index is 0.0758. The summed E-state index contributed by atoms with van der Waals surface area (Å²) in [5.74, 6) is -0.320. The van der Waals surface area contributed by atoms with Crippen LogP contribution in [0.2, 0.25) is 0 Å². The molecule has 0 aliphatic carbocycles. The van der Waals surface area contributed by atoms with Crippen LogP contribution in [-0.4, -0.2) is 48.3 Å². The number of sulfonamides is 1. The summed E-state index contributed by atoms with van der Waals surface area (Å²) in [6.07, 6.45) is 1.86. The van der Waals surface area contributed by atoms with Crippen molar-refractivity contribution < 1.29 is 13.2 Å². The van der Waals surface area contributed by atoms with Gasteiger partial charge >= 0.3 is 0 Å². The van der Waals surface area contributed by atoms with E-state index in [-0.39, 0.29) is 29.4 Å². The summed E-state index contributed by atoms with van der Waals surface area (Å²) in [4.78, 5) is 16.8. The van der Waals surface area contributed by atoms with Gasteiger partial charge in [-0.05, 0) is 32.4 Å². The number of amides is 1. The fourth-order valence-corrected chi connectivity index (χ4v) is 4.95. The van der Waals surface area contributed by atoms with Gasteiger partial charge in [0.25, 0.3) is 0 Å². The molecule has 7 nitrogen and oxygen atoms in total. The van der Waals surface area contributed by atoms with Crippen molar-refractivity contribution in [2.24, 2.45) is 5.73 Å². The molecule has 8 heteroatoms. The van der Waals surface area contributed by atoms with Crippen LogP contribution in [0, 0.1) is 0 Å². The van der Waals surface area contributed by atoms with Gasteiger partial charge < -0.3 is 11.1 Å². The fraction of sp³-hybridized carbons (Fsp3) is 0.412. The van der Waals surface area contributed by atoms with E-state index in [1.54, 1.807) is 30.5 Å². The molecule has 1 aromatic carbocycles. The molecule has 2 atom stereocenters. The Morgan fingerprint density at radius 1 is 1.32 bits per heavy atom. The minimum Gasteiger partial charge on any atom is -0.353 e. The molecule has 3 N–H and O–H groups in total. The number of pyridine rings is 1. The van der Waals surface area contributed by atoms with Crippen LogP contribution in [0.5, 0.6) is 0 Å². The van der Waals surface area contributed by atoms with Gasteiger partial charge in [-0.1, -0.05) is 18.2 Å². The number of nitrogens with one attached hydrogen (secondary N) is 1. The van der Waals surface area contributed by atoms with Gasteiger partial charge in [-0.3, -0.25) is 9.78 Å². The third-order valence-electron chi connectivity index (χ3n) is 4.20. The van der Waals surface area contributed by atoms with E-state index in [2.05, 4.69) is 10.3 Å². The second-order valence-corrected chi connectivity index (χ2v) is 8.44. The lowest BCUT2D eigenvalue weighted by molar-refractivity contribution is -0.124. The van der Waals surface area contributed by atoms with Crippen molar-refractivity contribution in [1.29, 1.82) is 0 Å². The van der Waals surface area contributed by atoms with Crippen LogP contribution in [0.15, 0.2) is 41.4 Å². The lowest BCUT2D eigenvalue weighted by Crippen LogP contribution is -2.47. The molecule has 0 bridgehead atoms. The summed E-state index contributed by atoms with van der Waals surface area (Å²) in [6.45, 7) is 3.78. The highest BCUT2D eigenvalue weighted by atomic mass is 32.2. The highest BCUT2D eigenvalue weighted by molar-refractivity contribution is 7.89. The maximum absolute atomic E-state index is 13.2. The van der Waals surface area contributed by atoms with Gasteiger partial charge in [0.1, 0.15) is 10.9 Å². The van der Waals surface area contributed by atoms with Crippen molar-refractivity contribution in [3.05, 3.63) is 36.5 Å². The highest BCUT2D eigenvalue weighted by Gasteiger charge is 2.43. The molecule has 1 amide bonds. The van der Waals surface area contributed by atoms with Gasteiger partial charge in [0.05, 0.1) is 5.52 Å². The number of nitrogens with zero attached hydrogens (tertiary/aromatic N) is 2. The first-order chi connectivity index (χ1) is 11.8. The van der Waals surface area contributed by atoms with Crippen LogP contribution in [-0.2, 0) is 14.8 Å². The summed E-state index contributed by atoms with van der Waals surface area (Å²) in [7, 11) is -3.90. The van der Waals surface area contributed by atoms with Crippen LogP contribution in [0.3, 0.4) is 0 Å². The van der Waals surface area contributed by atoms with E-state index < -0.39 is 16.1 Å². The predicted molar refractivity (Wildman–Crippen MR) is 95.3 cm³/mol. The van der Waals surface area contributed by atoms with Crippen LogP contribution in [0.1, 0.15) is 20.3 Å². The molecule has 2 aromatic rings. The zero-order valence-electron chi connectivity index (χ0n) is 14.2. The number of carbonyl (C=O) groups is 1. The summed E-state index contributed by atoms with van der Waals surface area (Å²) in [6, 6.07) is 7.31. The van der Waals surface area contributed by atoms with E-state index in [1.165, 1.54) is 10.4 Å². The lowest BCUT2D eigenvalue weighted by Gasteiger charge is -2.24. The molecule has 0 spiro atoms.